The Labute approximate surface area is 101 Å². The van der Waals surface area contributed by atoms with Gasteiger partial charge in [0.15, 0.2) is 0 Å². The fraction of sp³-hybridized carbons (Fsp3) is 1.00. The Morgan fingerprint density at radius 2 is 1.94 bits per heavy atom. The van der Waals surface area contributed by atoms with Gasteiger partial charge in [-0.05, 0) is 44.7 Å². The van der Waals surface area contributed by atoms with E-state index in [2.05, 4.69) is 31.1 Å². The maximum Gasteiger partial charge on any atom is 0.0223 e. The fourth-order valence-electron chi connectivity index (χ4n) is 3.61. The molecule has 1 heterocycles. The molecule has 0 aromatic heterocycles. The lowest BCUT2D eigenvalue weighted by molar-refractivity contribution is 0.102. The molecular formula is C14H28N2. The molecule has 2 nitrogen and oxygen atoms in total. The molecule has 2 aliphatic rings. The summed E-state index contributed by atoms with van der Waals surface area (Å²) in [6.07, 6.45) is 7.10. The second-order valence-corrected chi connectivity index (χ2v) is 6.22. The average molecular weight is 224 g/mol. The van der Waals surface area contributed by atoms with Gasteiger partial charge in [-0.1, -0.05) is 26.7 Å². The molecule has 3 unspecified atom stereocenters. The van der Waals surface area contributed by atoms with Crippen LogP contribution in [0.3, 0.4) is 0 Å². The van der Waals surface area contributed by atoms with Gasteiger partial charge in [0.25, 0.3) is 0 Å². The lowest BCUT2D eigenvalue weighted by atomic mass is 9.83. The summed E-state index contributed by atoms with van der Waals surface area (Å²) >= 11 is 0. The minimum Gasteiger partial charge on any atom is -0.315 e. The van der Waals surface area contributed by atoms with Crippen LogP contribution < -0.4 is 5.32 Å². The van der Waals surface area contributed by atoms with Crippen molar-refractivity contribution in [3.63, 3.8) is 0 Å². The van der Waals surface area contributed by atoms with E-state index < -0.39 is 0 Å². The van der Waals surface area contributed by atoms with Crippen molar-refractivity contribution in [1.82, 2.24) is 10.2 Å². The van der Waals surface area contributed by atoms with Gasteiger partial charge in [0.2, 0.25) is 0 Å². The van der Waals surface area contributed by atoms with E-state index in [0.717, 1.165) is 23.9 Å². The molecule has 3 atom stereocenters. The predicted molar refractivity (Wildman–Crippen MR) is 69.6 cm³/mol. The number of likely N-dealkylation sites (N-methyl/N-ethyl adjacent to an activating group) is 1. The standard InChI is InChI=1S/C14H28N2/c1-11(2)8-13-10-15-9-12-6-4-5-7-14(12)16(13)3/h11-15H,4-10H2,1-3H3. The van der Waals surface area contributed by atoms with Crippen LogP contribution in [-0.4, -0.2) is 37.1 Å². The van der Waals surface area contributed by atoms with Crippen molar-refractivity contribution in [2.45, 2.75) is 58.0 Å². The Morgan fingerprint density at radius 1 is 1.19 bits per heavy atom. The summed E-state index contributed by atoms with van der Waals surface area (Å²) in [4.78, 5) is 2.70. The number of hydrogen-bond acceptors (Lipinski definition) is 2. The molecule has 1 aliphatic heterocycles. The highest BCUT2D eigenvalue weighted by Gasteiger charge is 2.34. The molecule has 1 aliphatic carbocycles. The average Bonchev–Trinajstić information content (AvgIpc) is 2.40. The van der Waals surface area contributed by atoms with Crippen molar-refractivity contribution < 1.29 is 0 Å². The smallest absolute Gasteiger partial charge is 0.0223 e. The highest BCUT2D eigenvalue weighted by Crippen LogP contribution is 2.31. The fourth-order valence-corrected chi connectivity index (χ4v) is 3.61. The van der Waals surface area contributed by atoms with E-state index in [4.69, 9.17) is 0 Å². The SMILES string of the molecule is CC(C)CC1CNCC2CCCCC2N1C. The van der Waals surface area contributed by atoms with Gasteiger partial charge in [-0.15, -0.1) is 0 Å². The number of hydrogen-bond donors (Lipinski definition) is 1. The first-order valence-electron chi connectivity index (χ1n) is 7.11. The Bertz CT molecular complexity index is 215. The van der Waals surface area contributed by atoms with Gasteiger partial charge in [-0.2, -0.15) is 0 Å². The summed E-state index contributed by atoms with van der Waals surface area (Å²) in [6.45, 7) is 7.14. The van der Waals surface area contributed by atoms with Gasteiger partial charge in [-0.3, -0.25) is 4.90 Å². The molecule has 0 aromatic carbocycles. The largest absolute Gasteiger partial charge is 0.315 e. The topological polar surface area (TPSA) is 15.3 Å². The molecule has 0 spiro atoms. The van der Waals surface area contributed by atoms with Crippen LogP contribution in [0.2, 0.25) is 0 Å². The van der Waals surface area contributed by atoms with Gasteiger partial charge in [-0.25, -0.2) is 0 Å². The van der Waals surface area contributed by atoms with Crippen molar-refractivity contribution >= 4 is 0 Å². The number of rotatable bonds is 2. The summed E-state index contributed by atoms with van der Waals surface area (Å²) < 4.78 is 0. The molecule has 0 amide bonds. The molecular weight excluding hydrogens is 196 g/mol. The molecule has 1 N–H and O–H groups in total. The summed E-state index contributed by atoms with van der Waals surface area (Å²) in [5.41, 5.74) is 0. The lowest BCUT2D eigenvalue weighted by Crippen LogP contribution is -2.45. The summed E-state index contributed by atoms with van der Waals surface area (Å²) in [5, 5.41) is 3.69. The van der Waals surface area contributed by atoms with Crippen molar-refractivity contribution in [1.29, 1.82) is 0 Å². The van der Waals surface area contributed by atoms with Crippen LogP contribution in [0.5, 0.6) is 0 Å². The van der Waals surface area contributed by atoms with Crippen LogP contribution in [0.1, 0.15) is 46.0 Å². The first-order valence-corrected chi connectivity index (χ1v) is 7.11. The monoisotopic (exact) mass is 224 g/mol. The molecule has 0 aromatic rings. The van der Waals surface area contributed by atoms with E-state index in [1.54, 1.807) is 0 Å². The van der Waals surface area contributed by atoms with Crippen LogP contribution in [0.25, 0.3) is 0 Å². The Kier molecular flexibility index (Phi) is 4.26. The van der Waals surface area contributed by atoms with E-state index in [1.165, 1.54) is 45.2 Å². The molecule has 1 saturated carbocycles. The van der Waals surface area contributed by atoms with Gasteiger partial charge < -0.3 is 5.32 Å². The van der Waals surface area contributed by atoms with Crippen molar-refractivity contribution in [2.24, 2.45) is 11.8 Å². The molecule has 1 saturated heterocycles. The predicted octanol–water partition coefficient (Wildman–Crippen LogP) is 2.49. The van der Waals surface area contributed by atoms with Crippen molar-refractivity contribution in [3.8, 4) is 0 Å². The second-order valence-electron chi connectivity index (χ2n) is 6.22. The third-order valence-electron chi connectivity index (χ3n) is 4.50. The normalized spacial score (nSPS) is 37.1. The van der Waals surface area contributed by atoms with E-state index in [9.17, 15) is 0 Å². The van der Waals surface area contributed by atoms with E-state index >= 15 is 0 Å². The highest BCUT2D eigenvalue weighted by atomic mass is 15.2. The quantitative estimate of drug-likeness (QED) is 0.775. The van der Waals surface area contributed by atoms with Crippen LogP contribution in [0.15, 0.2) is 0 Å². The number of nitrogens with zero attached hydrogens (tertiary/aromatic N) is 1. The third-order valence-corrected chi connectivity index (χ3v) is 4.50. The summed E-state index contributed by atoms with van der Waals surface area (Å²) in [5.74, 6) is 1.73. The zero-order chi connectivity index (χ0) is 11.5. The molecule has 0 bridgehead atoms. The van der Waals surface area contributed by atoms with E-state index in [1.807, 2.05) is 0 Å². The molecule has 0 radical (unpaired) electrons. The van der Waals surface area contributed by atoms with Crippen LogP contribution >= 0.6 is 0 Å². The van der Waals surface area contributed by atoms with Crippen LogP contribution in [-0.2, 0) is 0 Å². The Balaban J connectivity index is 2.01. The summed E-state index contributed by atoms with van der Waals surface area (Å²) in [6, 6.07) is 1.61. The first-order chi connectivity index (χ1) is 7.68. The minimum atomic E-state index is 0.757. The Hall–Kier alpha value is -0.0800. The van der Waals surface area contributed by atoms with Crippen molar-refractivity contribution in [2.75, 3.05) is 20.1 Å². The molecule has 16 heavy (non-hydrogen) atoms. The third kappa shape index (κ3) is 2.78. The second kappa shape index (κ2) is 5.50. The molecule has 2 rings (SSSR count). The zero-order valence-corrected chi connectivity index (χ0v) is 11.2. The van der Waals surface area contributed by atoms with Crippen molar-refractivity contribution in [3.05, 3.63) is 0 Å². The lowest BCUT2D eigenvalue weighted by Gasteiger charge is -2.39. The van der Waals surface area contributed by atoms with Gasteiger partial charge >= 0.3 is 0 Å². The van der Waals surface area contributed by atoms with Gasteiger partial charge in [0.05, 0.1) is 0 Å². The van der Waals surface area contributed by atoms with E-state index in [0.29, 0.717) is 0 Å². The maximum absolute atomic E-state index is 3.69. The molecule has 2 fully saturated rings. The zero-order valence-electron chi connectivity index (χ0n) is 11.2. The maximum atomic E-state index is 3.69. The molecule has 94 valence electrons. The molecule has 2 heteroatoms. The number of nitrogens with one attached hydrogen (secondary N) is 1. The van der Waals surface area contributed by atoms with Crippen LogP contribution in [0.4, 0.5) is 0 Å². The number of fused-ring (bicyclic) bond motifs is 1. The van der Waals surface area contributed by atoms with Gasteiger partial charge in [0, 0.05) is 18.6 Å². The highest BCUT2D eigenvalue weighted by molar-refractivity contribution is 4.90. The summed E-state index contributed by atoms with van der Waals surface area (Å²) in [7, 11) is 2.36. The first kappa shape index (κ1) is 12.4. The Morgan fingerprint density at radius 3 is 2.69 bits per heavy atom. The van der Waals surface area contributed by atoms with Gasteiger partial charge in [0.1, 0.15) is 0 Å². The van der Waals surface area contributed by atoms with Crippen LogP contribution in [0, 0.1) is 11.8 Å². The minimum absolute atomic E-state index is 0.757. The van der Waals surface area contributed by atoms with E-state index in [-0.39, 0.29) is 0 Å².